The number of aromatic nitrogens is 1. The standard InChI is InChI=1S/C11H11NO3S2/c1-7(11(13)14)15-4-9-6-17-10(12-9)8-2-3-16-5-8/h2-3,5-7H,4H2,1H3,(H,13,14)/t7-/m0/s1. The Hall–Kier alpha value is -1.24. The summed E-state index contributed by atoms with van der Waals surface area (Å²) in [6.45, 7) is 1.74. The average Bonchev–Trinajstić information content (AvgIpc) is 2.95. The van der Waals surface area contributed by atoms with Crippen molar-refractivity contribution >= 4 is 28.6 Å². The van der Waals surface area contributed by atoms with Crippen LogP contribution in [0.2, 0.25) is 0 Å². The van der Waals surface area contributed by atoms with E-state index >= 15 is 0 Å². The van der Waals surface area contributed by atoms with E-state index < -0.39 is 12.1 Å². The maximum atomic E-state index is 10.6. The molecular weight excluding hydrogens is 258 g/mol. The van der Waals surface area contributed by atoms with E-state index in [9.17, 15) is 4.79 Å². The van der Waals surface area contributed by atoms with Gasteiger partial charge in [0.1, 0.15) is 5.01 Å². The average molecular weight is 269 g/mol. The Bertz CT molecular complexity index is 493. The molecule has 0 aromatic carbocycles. The van der Waals surface area contributed by atoms with Crippen molar-refractivity contribution in [3.63, 3.8) is 0 Å². The fourth-order valence-electron chi connectivity index (χ4n) is 1.17. The second-order valence-corrected chi connectivity index (χ2v) is 5.09. The molecular formula is C11H11NO3S2. The van der Waals surface area contributed by atoms with E-state index in [0.29, 0.717) is 0 Å². The maximum Gasteiger partial charge on any atom is 0.332 e. The van der Waals surface area contributed by atoms with Crippen LogP contribution >= 0.6 is 22.7 Å². The number of rotatable bonds is 5. The first kappa shape index (κ1) is 12.2. The van der Waals surface area contributed by atoms with Crippen LogP contribution in [0.4, 0.5) is 0 Å². The summed E-state index contributed by atoms with van der Waals surface area (Å²) in [6, 6.07) is 2.01. The van der Waals surface area contributed by atoms with Crippen LogP contribution in [-0.4, -0.2) is 22.2 Å². The zero-order chi connectivity index (χ0) is 12.3. The Morgan fingerprint density at radius 3 is 3.06 bits per heavy atom. The molecule has 2 aromatic heterocycles. The van der Waals surface area contributed by atoms with Gasteiger partial charge in [-0.05, 0) is 18.4 Å². The second kappa shape index (κ2) is 5.39. The monoisotopic (exact) mass is 269 g/mol. The van der Waals surface area contributed by atoms with Gasteiger partial charge in [0.25, 0.3) is 0 Å². The Morgan fingerprint density at radius 2 is 2.41 bits per heavy atom. The molecule has 0 aliphatic heterocycles. The Kier molecular flexibility index (Phi) is 3.88. The molecule has 0 saturated heterocycles. The molecule has 0 saturated carbocycles. The van der Waals surface area contributed by atoms with Gasteiger partial charge in [0.15, 0.2) is 6.10 Å². The second-order valence-electron chi connectivity index (χ2n) is 3.45. The molecule has 2 aromatic rings. The fourth-order valence-corrected chi connectivity index (χ4v) is 2.69. The first-order chi connectivity index (χ1) is 8.16. The van der Waals surface area contributed by atoms with Gasteiger partial charge in [0.2, 0.25) is 0 Å². The minimum absolute atomic E-state index is 0.230. The smallest absolute Gasteiger partial charge is 0.332 e. The molecule has 0 unspecified atom stereocenters. The van der Waals surface area contributed by atoms with Gasteiger partial charge in [-0.1, -0.05) is 0 Å². The third-order valence-electron chi connectivity index (χ3n) is 2.15. The molecule has 0 spiro atoms. The third-order valence-corrected chi connectivity index (χ3v) is 3.77. The highest BCUT2D eigenvalue weighted by atomic mass is 32.1. The van der Waals surface area contributed by atoms with Crippen molar-refractivity contribution in [2.75, 3.05) is 0 Å². The van der Waals surface area contributed by atoms with Crippen molar-refractivity contribution < 1.29 is 14.6 Å². The SMILES string of the molecule is C[C@H](OCc1csc(-c2ccsc2)n1)C(=O)O. The van der Waals surface area contributed by atoms with Crippen LogP contribution < -0.4 is 0 Å². The molecule has 0 bridgehead atoms. The van der Waals surface area contributed by atoms with Gasteiger partial charge in [-0.15, -0.1) is 11.3 Å². The Morgan fingerprint density at radius 1 is 1.59 bits per heavy atom. The van der Waals surface area contributed by atoms with Crippen LogP contribution in [0, 0.1) is 0 Å². The highest BCUT2D eigenvalue weighted by Crippen LogP contribution is 2.25. The summed E-state index contributed by atoms with van der Waals surface area (Å²) >= 11 is 3.16. The predicted octanol–water partition coefficient (Wildman–Crippen LogP) is 2.86. The number of hydrogen-bond acceptors (Lipinski definition) is 5. The number of nitrogens with zero attached hydrogens (tertiary/aromatic N) is 1. The minimum Gasteiger partial charge on any atom is -0.479 e. The summed E-state index contributed by atoms with van der Waals surface area (Å²) < 4.78 is 5.17. The molecule has 1 N–H and O–H groups in total. The number of aliphatic carboxylic acids is 1. The molecule has 0 radical (unpaired) electrons. The van der Waals surface area contributed by atoms with Crippen LogP contribution in [0.3, 0.4) is 0 Å². The Labute approximate surface area is 107 Å². The van der Waals surface area contributed by atoms with Crippen molar-refractivity contribution in [2.45, 2.75) is 19.6 Å². The molecule has 0 fully saturated rings. The largest absolute Gasteiger partial charge is 0.479 e. The predicted molar refractivity (Wildman–Crippen MR) is 67.3 cm³/mol. The molecule has 2 heterocycles. The van der Waals surface area contributed by atoms with Crippen molar-refractivity contribution in [1.29, 1.82) is 0 Å². The van der Waals surface area contributed by atoms with E-state index in [4.69, 9.17) is 9.84 Å². The van der Waals surface area contributed by atoms with Gasteiger partial charge in [-0.2, -0.15) is 11.3 Å². The normalized spacial score (nSPS) is 12.5. The van der Waals surface area contributed by atoms with Gasteiger partial charge >= 0.3 is 5.97 Å². The summed E-state index contributed by atoms with van der Waals surface area (Å²) in [4.78, 5) is 15.0. The van der Waals surface area contributed by atoms with Crippen LogP contribution in [0.25, 0.3) is 10.6 Å². The van der Waals surface area contributed by atoms with Crippen LogP contribution in [-0.2, 0) is 16.1 Å². The van der Waals surface area contributed by atoms with Crippen LogP contribution in [0.15, 0.2) is 22.2 Å². The van der Waals surface area contributed by atoms with E-state index in [1.807, 2.05) is 22.2 Å². The van der Waals surface area contributed by atoms with E-state index in [2.05, 4.69) is 4.98 Å². The first-order valence-electron chi connectivity index (χ1n) is 4.98. The van der Waals surface area contributed by atoms with E-state index in [1.165, 1.54) is 18.3 Å². The van der Waals surface area contributed by atoms with Crippen molar-refractivity contribution in [3.8, 4) is 10.6 Å². The van der Waals surface area contributed by atoms with Gasteiger partial charge in [-0.25, -0.2) is 9.78 Å². The zero-order valence-electron chi connectivity index (χ0n) is 9.12. The molecule has 4 nitrogen and oxygen atoms in total. The molecule has 17 heavy (non-hydrogen) atoms. The van der Waals surface area contributed by atoms with Crippen molar-refractivity contribution in [3.05, 3.63) is 27.9 Å². The highest BCUT2D eigenvalue weighted by Gasteiger charge is 2.12. The zero-order valence-corrected chi connectivity index (χ0v) is 10.8. The number of hydrogen-bond donors (Lipinski definition) is 1. The molecule has 0 aliphatic carbocycles. The van der Waals surface area contributed by atoms with E-state index in [-0.39, 0.29) is 6.61 Å². The summed E-state index contributed by atoms with van der Waals surface area (Å²) in [5.74, 6) is -0.960. The molecule has 0 amide bonds. The minimum atomic E-state index is -0.960. The summed E-state index contributed by atoms with van der Waals surface area (Å²) in [5, 5.41) is 15.5. The van der Waals surface area contributed by atoms with Gasteiger partial charge < -0.3 is 9.84 Å². The molecule has 6 heteroatoms. The lowest BCUT2D eigenvalue weighted by molar-refractivity contribution is -0.149. The van der Waals surface area contributed by atoms with Crippen LogP contribution in [0.5, 0.6) is 0 Å². The lowest BCUT2D eigenvalue weighted by Crippen LogP contribution is -2.19. The van der Waals surface area contributed by atoms with Crippen molar-refractivity contribution in [1.82, 2.24) is 4.98 Å². The molecule has 2 rings (SSSR count). The number of carboxylic acid groups (broad SMARTS) is 1. The number of carboxylic acids is 1. The van der Waals surface area contributed by atoms with E-state index in [0.717, 1.165) is 16.3 Å². The third kappa shape index (κ3) is 3.12. The fraction of sp³-hybridized carbons (Fsp3) is 0.273. The Balaban J connectivity index is 1.97. The number of thiazole rings is 1. The molecule has 1 atom stereocenters. The molecule has 0 aliphatic rings. The number of thiophene rings is 1. The first-order valence-corrected chi connectivity index (χ1v) is 6.80. The summed E-state index contributed by atoms with van der Waals surface area (Å²) in [5.41, 5.74) is 1.86. The number of ether oxygens (including phenoxy) is 1. The lowest BCUT2D eigenvalue weighted by Gasteiger charge is -2.05. The summed E-state index contributed by atoms with van der Waals surface area (Å²) in [7, 11) is 0. The lowest BCUT2D eigenvalue weighted by atomic mass is 10.3. The van der Waals surface area contributed by atoms with Gasteiger partial charge in [-0.3, -0.25) is 0 Å². The quantitative estimate of drug-likeness (QED) is 0.906. The maximum absolute atomic E-state index is 10.6. The van der Waals surface area contributed by atoms with Gasteiger partial charge in [0.05, 0.1) is 12.3 Å². The van der Waals surface area contributed by atoms with Gasteiger partial charge in [0, 0.05) is 16.3 Å². The highest BCUT2D eigenvalue weighted by molar-refractivity contribution is 7.14. The molecule has 90 valence electrons. The topological polar surface area (TPSA) is 59.4 Å². The number of carbonyl (C=O) groups is 1. The summed E-state index contributed by atoms with van der Waals surface area (Å²) in [6.07, 6.45) is -0.804. The van der Waals surface area contributed by atoms with Crippen molar-refractivity contribution in [2.24, 2.45) is 0 Å². The van der Waals surface area contributed by atoms with Crippen LogP contribution in [0.1, 0.15) is 12.6 Å². The van der Waals surface area contributed by atoms with E-state index in [1.54, 1.807) is 11.3 Å².